The molecule has 0 bridgehead atoms. The Morgan fingerprint density at radius 1 is 1.83 bits per heavy atom. The Balaban J connectivity index is 2.70. The summed E-state index contributed by atoms with van der Waals surface area (Å²) in [5.74, 6) is -2.12. The minimum Gasteiger partial charge on any atom is -0.480 e. The molecule has 0 saturated carbocycles. The van der Waals surface area contributed by atoms with E-state index in [4.69, 9.17) is 5.11 Å². The van der Waals surface area contributed by atoms with Crippen LogP contribution < -0.4 is 0 Å². The van der Waals surface area contributed by atoms with Gasteiger partial charge in [0.1, 0.15) is 6.54 Å². The van der Waals surface area contributed by atoms with Gasteiger partial charge in [-0.1, -0.05) is 0 Å². The molecule has 0 saturated heterocycles. The van der Waals surface area contributed by atoms with Crippen molar-refractivity contribution in [3.63, 3.8) is 0 Å². The van der Waals surface area contributed by atoms with Crippen molar-refractivity contribution in [2.45, 2.75) is 13.1 Å². The fraction of sp³-hybridized carbons (Fsp3) is 0.500. The smallest absolute Gasteiger partial charge is 0.325 e. The van der Waals surface area contributed by atoms with E-state index in [1.807, 2.05) is 0 Å². The first kappa shape index (κ1) is 8.63. The fourth-order valence-corrected chi connectivity index (χ4v) is 0.841. The molecule has 12 heavy (non-hydrogen) atoms. The van der Waals surface area contributed by atoms with Gasteiger partial charge in [-0.05, 0) is 6.92 Å². The number of hydrazone groups is 1. The van der Waals surface area contributed by atoms with Gasteiger partial charge in [-0.2, -0.15) is 5.10 Å². The number of rotatable bonds is 2. The number of aliphatic carboxylic acids is 1. The first-order chi connectivity index (χ1) is 5.52. The summed E-state index contributed by atoms with van der Waals surface area (Å²) in [4.78, 5) is 21.0. The van der Waals surface area contributed by atoms with Gasteiger partial charge in [0.25, 0.3) is 5.91 Å². The van der Waals surface area contributed by atoms with Gasteiger partial charge in [0.15, 0.2) is 0 Å². The number of carbonyl (C=O) groups is 2. The quantitative estimate of drug-likeness (QED) is 0.620. The van der Waals surface area contributed by atoms with Gasteiger partial charge in [0.2, 0.25) is 6.17 Å². The topological polar surface area (TPSA) is 70.0 Å². The zero-order valence-corrected chi connectivity index (χ0v) is 6.32. The van der Waals surface area contributed by atoms with Crippen molar-refractivity contribution in [2.24, 2.45) is 5.10 Å². The lowest BCUT2D eigenvalue weighted by Gasteiger charge is -2.07. The molecule has 0 aromatic heterocycles. The van der Waals surface area contributed by atoms with Gasteiger partial charge in [0.05, 0.1) is 5.71 Å². The summed E-state index contributed by atoms with van der Waals surface area (Å²) in [5.41, 5.74) is 0.00116. The Kier molecular flexibility index (Phi) is 2.07. The Morgan fingerprint density at radius 3 is 2.75 bits per heavy atom. The summed E-state index contributed by atoms with van der Waals surface area (Å²) in [6, 6.07) is 0. The maximum atomic E-state index is 12.7. The van der Waals surface area contributed by atoms with E-state index in [2.05, 4.69) is 5.10 Å². The predicted molar refractivity (Wildman–Crippen MR) is 37.4 cm³/mol. The monoisotopic (exact) mass is 174 g/mol. The second-order valence-electron chi connectivity index (χ2n) is 2.39. The second-order valence-corrected chi connectivity index (χ2v) is 2.39. The van der Waals surface area contributed by atoms with E-state index in [0.29, 0.717) is 5.01 Å². The van der Waals surface area contributed by atoms with Crippen molar-refractivity contribution in [3.8, 4) is 0 Å². The highest BCUT2D eigenvalue weighted by atomic mass is 19.1. The first-order valence-corrected chi connectivity index (χ1v) is 3.24. The minimum atomic E-state index is -1.77. The molecule has 0 aliphatic carbocycles. The minimum absolute atomic E-state index is 0.00116. The number of hydrogen-bond donors (Lipinski definition) is 1. The highest BCUT2D eigenvalue weighted by Crippen LogP contribution is 2.11. The molecule has 0 radical (unpaired) electrons. The number of carboxylic acids is 1. The highest BCUT2D eigenvalue weighted by Gasteiger charge is 2.34. The molecule has 0 spiro atoms. The molecule has 1 aliphatic rings. The number of amides is 1. The molecule has 0 aromatic rings. The third-order valence-electron chi connectivity index (χ3n) is 1.40. The molecule has 1 aliphatic heterocycles. The number of carbonyl (C=O) groups excluding carboxylic acids is 1. The zero-order chi connectivity index (χ0) is 9.30. The van der Waals surface area contributed by atoms with Gasteiger partial charge in [0, 0.05) is 0 Å². The van der Waals surface area contributed by atoms with E-state index in [1.165, 1.54) is 6.92 Å². The number of nitrogens with zero attached hydrogens (tertiary/aromatic N) is 2. The van der Waals surface area contributed by atoms with Crippen molar-refractivity contribution >= 4 is 17.6 Å². The Bertz CT molecular complexity index is 264. The van der Waals surface area contributed by atoms with Crippen LogP contribution in [0, 0.1) is 0 Å². The number of hydrogen-bond acceptors (Lipinski definition) is 3. The van der Waals surface area contributed by atoms with Crippen LogP contribution in [0.2, 0.25) is 0 Å². The molecule has 5 nitrogen and oxygen atoms in total. The molecule has 1 rings (SSSR count). The van der Waals surface area contributed by atoms with Crippen LogP contribution >= 0.6 is 0 Å². The summed E-state index contributed by atoms with van der Waals surface area (Å²) in [5, 5.41) is 12.3. The standard InChI is InChI=1S/C6H7FN2O3/c1-3-5(7)6(12)9(8-3)2-4(10)11/h5H,2H2,1H3,(H,10,11). The SMILES string of the molecule is CC1=NN(CC(=O)O)C(=O)C1F. The van der Waals surface area contributed by atoms with Crippen molar-refractivity contribution < 1.29 is 19.1 Å². The molecule has 1 N–H and O–H groups in total. The van der Waals surface area contributed by atoms with Crippen LogP contribution in [0.1, 0.15) is 6.92 Å². The van der Waals surface area contributed by atoms with Gasteiger partial charge in [-0.25, -0.2) is 9.40 Å². The lowest BCUT2D eigenvalue weighted by Crippen LogP contribution is -2.32. The van der Waals surface area contributed by atoms with Crippen LogP contribution in [0.15, 0.2) is 5.10 Å². The normalized spacial score (nSPS) is 22.8. The molecule has 66 valence electrons. The van der Waals surface area contributed by atoms with Crippen LogP contribution in [0.25, 0.3) is 0 Å². The van der Waals surface area contributed by atoms with Crippen molar-refractivity contribution in [1.29, 1.82) is 0 Å². The molecule has 6 heteroatoms. The predicted octanol–water partition coefficient (Wildman–Crippen LogP) is -0.373. The van der Waals surface area contributed by atoms with Crippen LogP contribution in [-0.2, 0) is 9.59 Å². The van der Waals surface area contributed by atoms with E-state index in [-0.39, 0.29) is 5.71 Å². The van der Waals surface area contributed by atoms with Gasteiger partial charge >= 0.3 is 5.97 Å². The Hall–Kier alpha value is -1.46. The van der Waals surface area contributed by atoms with Crippen LogP contribution in [0.5, 0.6) is 0 Å². The van der Waals surface area contributed by atoms with E-state index in [9.17, 15) is 14.0 Å². The number of halogens is 1. The summed E-state index contributed by atoms with van der Waals surface area (Å²) in [6.45, 7) is 0.751. The van der Waals surface area contributed by atoms with E-state index in [1.54, 1.807) is 0 Å². The highest BCUT2D eigenvalue weighted by molar-refractivity contribution is 6.10. The zero-order valence-electron chi connectivity index (χ0n) is 6.32. The van der Waals surface area contributed by atoms with E-state index >= 15 is 0 Å². The lowest BCUT2D eigenvalue weighted by molar-refractivity contribution is -0.144. The molecule has 0 fully saturated rings. The van der Waals surface area contributed by atoms with Crippen LogP contribution in [0.3, 0.4) is 0 Å². The van der Waals surface area contributed by atoms with E-state index < -0.39 is 24.6 Å². The largest absolute Gasteiger partial charge is 0.480 e. The van der Waals surface area contributed by atoms with Gasteiger partial charge in [-0.15, -0.1) is 0 Å². The molecular weight excluding hydrogens is 167 g/mol. The lowest BCUT2D eigenvalue weighted by atomic mass is 10.3. The molecule has 1 amide bonds. The second kappa shape index (κ2) is 2.88. The Labute approximate surface area is 67.5 Å². The summed E-state index contributed by atoms with van der Waals surface area (Å²) < 4.78 is 12.7. The molecule has 0 aromatic carbocycles. The van der Waals surface area contributed by atoms with Crippen LogP contribution in [0.4, 0.5) is 4.39 Å². The van der Waals surface area contributed by atoms with Crippen LogP contribution in [-0.4, -0.2) is 40.4 Å². The summed E-state index contributed by atoms with van der Waals surface area (Å²) in [7, 11) is 0. The average molecular weight is 174 g/mol. The van der Waals surface area contributed by atoms with Crippen molar-refractivity contribution in [2.75, 3.05) is 6.54 Å². The molecule has 1 heterocycles. The maximum absolute atomic E-state index is 12.7. The summed E-state index contributed by atoms with van der Waals surface area (Å²) >= 11 is 0. The van der Waals surface area contributed by atoms with Gasteiger partial charge < -0.3 is 5.11 Å². The molecular formula is C6H7FN2O3. The maximum Gasteiger partial charge on any atom is 0.325 e. The molecule has 1 unspecified atom stereocenters. The third kappa shape index (κ3) is 1.41. The van der Waals surface area contributed by atoms with Crippen molar-refractivity contribution in [1.82, 2.24) is 5.01 Å². The summed E-state index contributed by atoms with van der Waals surface area (Å²) in [6.07, 6.45) is -1.77. The third-order valence-corrected chi connectivity index (χ3v) is 1.40. The molecule has 1 atom stereocenters. The van der Waals surface area contributed by atoms with Crippen molar-refractivity contribution in [3.05, 3.63) is 0 Å². The van der Waals surface area contributed by atoms with Gasteiger partial charge in [-0.3, -0.25) is 9.59 Å². The Morgan fingerprint density at radius 2 is 2.42 bits per heavy atom. The number of carboxylic acid groups (broad SMARTS) is 1. The first-order valence-electron chi connectivity index (χ1n) is 3.24. The average Bonchev–Trinajstić information content (AvgIpc) is 2.17. The fourth-order valence-electron chi connectivity index (χ4n) is 0.841. The number of alkyl halides is 1. The van der Waals surface area contributed by atoms with E-state index in [0.717, 1.165) is 0 Å².